The Morgan fingerprint density at radius 2 is 2.18 bits per heavy atom. The van der Waals surface area contributed by atoms with E-state index >= 15 is 0 Å². The van der Waals surface area contributed by atoms with Gasteiger partial charge in [0.25, 0.3) is 0 Å². The zero-order valence-corrected chi connectivity index (χ0v) is 11.6. The first-order chi connectivity index (χ1) is 8.17. The predicted octanol–water partition coefficient (Wildman–Crippen LogP) is 2.39. The third kappa shape index (κ3) is 5.06. The Morgan fingerprint density at radius 3 is 2.82 bits per heavy atom. The van der Waals surface area contributed by atoms with Crippen LogP contribution in [0.1, 0.15) is 46.5 Å². The van der Waals surface area contributed by atoms with Crippen LogP contribution in [0.4, 0.5) is 0 Å². The smallest absolute Gasteiger partial charge is 0.0965 e. The quantitative estimate of drug-likeness (QED) is 0.771. The standard InChI is InChI=1S/C14H27N3/c1-4-8-16-14(10-15)7-9-17-11-12(2)5-6-13(17)3/h12-14,16H,4-9,11H2,1-3H3. The van der Waals surface area contributed by atoms with Crippen molar-refractivity contribution in [3.05, 3.63) is 0 Å². The minimum Gasteiger partial charge on any atom is -0.302 e. The van der Waals surface area contributed by atoms with Gasteiger partial charge in [-0.1, -0.05) is 13.8 Å². The van der Waals surface area contributed by atoms with Crippen LogP contribution in [0.5, 0.6) is 0 Å². The van der Waals surface area contributed by atoms with Gasteiger partial charge in [0.2, 0.25) is 0 Å². The lowest BCUT2D eigenvalue weighted by Gasteiger charge is -2.37. The fourth-order valence-electron chi connectivity index (χ4n) is 2.52. The monoisotopic (exact) mass is 237 g/mol. The summed E-state index contributed by atoms with van der Waals surface area (Å²) < 4.78 is 0. The molecule has 0 bridgehead atoms. The molecule has 1 fully saturated rings. The Morgan fingerprint density at radius 1 is 1.41 bits per heavy atom. The number of hydrogen-bond donors (Lipinski definition) is 1. The molecule has 1 aliphatic rings. The summed E-state index contributed by atoms with van der Waals surface area (Å²) in [6.45, 7) is 9.98. The van der Waals surface area contributed by atoms with Crippen molar-refractivity contribution in [2.24, 2.45) is 5.92 Å². The van der Waals surface area contributed by atoms with Crippen LogP contribution in [0, 0.1) is 17.2 Å². The van der Waals surface area contributed by atoms with E-state index in [-0.39, 0.29) is 6.04 Å². The van der Waals surface area contributed by atoms with Crippen LogP contribution in [-0.2, 0) is 0 Å². The highest BCUT2D eigenvalue weighted by Crippen LogP contribution is 2.21. The third-order valence-electron chi connectivity index (χ3n) is 3.75. The first kappa shape index (κ1) is 14.5. The Labute approximate surface area is 106 Å². The number of nitrogens with one attached hydrogen (secondary N) is 1. The molecule has 0 aromatic rings. The van der Waals surface area contributed by atoms with E-state index in [4.69, 9.17) is 5.26 Å². The van der Waals surface area contributed by atoms with E-state index in [1.807, 2.05) is 0 Å². The van der Waals surface area contributed by atoms with Crippen LogP contribution in [0.3, 0.4) is 0 Å². The van der Waals surface area contributed by atoms with E-state index in [2.05, 4.69) is 37.1 Å². The van der Waals surface area contributed by atoms with E-state index in [0.29, 0.717) is 6.04 Å². The number of rotatable bonds is 6. The van der Waals surface area contributed by atoms with Gasteiger partial charge in [0.15, 0.2) is 0 Å². The van der Waals surface area contributed by atoms with Crippen LogP contribution in [-0.4, -0.2) is 36.6 Å². The van der Waals surface area contributed by atoms with E-state index in [1.165, 1.54) is 19.4 Å². The molecule has 1 N–H and O–H groups in total. The maximum atomic E-state index is 9.07. The lowest BCUT2D eigenvalue weighted by atomic mass is 9.95. The molecule has 3 nitrogen and oxygen atoms in total. The average molecular weight is 237 g/mol. The highest BCUT2D eigenvalue weighted by molar-refractivity contribution is 4.91. The Bertz CT molecular complexity index is 246. The van der Waals surface area contributed by atoms with Crippen LogP contribution in [0.15, 0.2) is 0 Å². The number of likely N-dealkylation sites (tertiary alicyclic amines) is 1. The van der Waals surface area contributed by atoms with Gasteiger partial charge in [-0.25, -0.2) is 0 Å². The maximum absolute atomic E-state index is 9.07. The molecule has 0 radical (unpaired) electrons. The molecule has 1 heterocycles. The lowest BCUT2D eigenvalue weighted by Crippen LogP contribution is -2.43. The summed E-state index contributed by atoms with van der Waals surface area (Å²) in [4.78, 5) is 2.55. The number of nitriles is 1. The largest absolute Gasteiger partial charge is 0.302 e. The Balaban J connectivity index is 2.30. The summed E-state index contributed by atoms with van der Waals surface area (Å²) in [5.74, 6) is 0.815. The van der Waals surface area contributed by atoms with Crippen molar-refractivity contribution in [2.75, 3.05) is 19.6 Å². The zero-order chi connectivity index (χ0) is 12.7. The molecular weight excluding hydrogens is 210 g/mol. The van der Waals surface area contributed by atoms with Crippen molar-refractivity contribution in [1.82, 2.24) is 10.2 Å². The molecule has 0 aliphatic carbocycles. The zero-order valence-electron chi connectivity index (χ0n) is 11.6. The highest BCUT2D eigenvalue weighted by Gasteiger charge is 2.23. The van der Waals surface area contributed by atoms with Crippen molar-refractivity contribution in [3.63, 3.8) is 0 Å². The molecule has 0 amide bonds. The van der Waals surface area contributed by atoms with E-state index in [9.17, 15) is 0 Å². The summed E-state index contributed by atoms with van der Waals surface area (Å²) in [5.41, 5.74) is 0. The van der Waals surface area contributed by atoms with Crippen molar-refractivity contribution in [2.45, 2.75) is 58.5 Å². The van der Waals surface area contributed by atoms with E-state index < -0.39 is 0 Å². The summed E-state index contributed by atoms with van der Waals surface area (Å²) in [6.07, 6.45) is 4.71. The van der Waals surface area contributed by atoms with Gasteiger partial charge in [0.05, 0.1) is 12.1 Å². The summed E-state index contributed by atoms with van der Waals surface area (Å²) >= 11 is 0. The van der Waals surface area contributed by atoms with Gasteiger partial charge in [0.1, 0.15) is 0 Å². The number of piperidine rings is 1. The van der Waals surface area contributed by atoms with Crippen molar-refractivity contribution >= 4 is 0 Å². The number of hydrogen-bond acceptors (Lipinski definition) is 3. The van der Waals surface area contributed by atoms with Crippen LogP contribution < -0.4 is 5.32 Å². The fourth-order valence-corrected chi connectivity index (χ4v) is 2.52. The number of nitrogens with zero attached hydrogens (tertiary/aromatic N) is 2. The molecule has 1 rings (SSSR count). The second-order valence-electron chi connectivity index (χ2n) is 5.45. The first-order valence-corrected chi connectivity index (χ1v) is 7.04. The van der Waals surface area contributed by atoms with Crippen molar-refractivity contribution in [3.8, 4) is 6.07 Å². The molecule has 3 atom stereocenters. The second-order valence-corrected chi connectivity index (χ2v) is 5.45. The van der Waals surface area contributed by atoms with Gasteiger partial charge < -0.3 is 10.2 Å². The van der Waals surface area contributed by atoms with Gasteiger partial charge in [0, 0.05) is 19.1 Å². The molecule has 0 aromatic carbocycles. The van der Waals surface area contributed by atoms with Crippen LogP contribution in [0.25, 0.3) is 0 Å². The second kappa shape index (κ2) is 7.68. The fraction of sp³-hybridized carbons (Fsp3) is 0.929. The summed E-state index contributed by atoms with van der Waals surface area (Å²) in [7, 11) is 0. The van der Waals surface area contributed by atoms with Crippen molar-refractivity contribution in [1.29, 1.82) is 5.26 Å². The van der Waals surface area contributed by atoms with Crippen LogP contribution >= 0.6 is 0 Å². The molecule has 98 valence electrons. The van der Waals surface area contributed by atoms with Gasteiger partial charge in [-0.15, -0.1) is 0 Å². The van der Waals surface area contributed by atoms with Crippen LogP contribution in [0.2, 0.25) is 0 Å². The molecule has 17 heavy (non-hydrogen) atoms. The minimum atomic E-state index is 0.0272. The average Bonchev–Trinajstić information content (AvgIpc) is 2.33. The molecular formula is C14H27N3. The molecule has 3 heteroatoms. The summed E-state index contributed by atoms with van der Waals surface area (Å²) in [5, 5.41) is 12.4. The topological polar surface area (TPSA) is 39.1 Å². The Hall–Kier alpha value is -0.590. The van der Waals surface area contributed by atoms with E-state index in [0.717, 1.165) is 31.8 Å². The predicted molar refractivity (Wildman–Crippen MR) is 71.7 cm³/mol. The molecule has 0 spiro atoms. The summed E-state index contributed by atoms with van der Waals surface area (Å²) in [6, 6.07) is 3.08. The van der Waals surface area contributed by atoms with Crippen molar-refractivity contribution < 1.29 is 0 Å². The maximum Gasteiger partial charge on any atom is 0.0965 e. The lowest BCUT2D eigenvalue weighted by molar-refractivity contribution is 0.121. The molecule has 3 unspecified atom stereocenters. The Kier molecular flexibility index (Phi) is 6.54. The molecule has 0 aromatic heterocycles. The normalized spacial score (nSPS) is 27.6. The minimum absolute atomic E-state index is 0.0272. The highest BCUT2D eigenvalue weighted by atomic mass is 15.2. The van der Waals surface area contributed by atoms with Gasteiger partial charge in [-0.2, -0.15) is 5.26 Å². The van der Waals surface area contributed by atoms with Gasteiger partial charge in [-0.3, -0.25) is 0 Å². The third-order valence-corrected chi connectivity index (χ3v) is 3.75. The van der Waals surface area contributed by atoms with Gasteiger partial charge >= 0.3 is 0 Å². The van der Waals surface area contributed by atoms with E-state index in [1.54, 1.807) is 0 Å². The molecule has 0 saturated carbocycles. The molecule has 1 saturated heterocycles. The first-order valence-electron chi connectivity index (χ1n) is 7.04. The van der Waals surface area contributed by atoms with Gasteiger partial charge in [-0.05, 0) is 45.1 Å². The molecule has 1 aliphatic heterocycles. The SMILES string of the molecule is CCCNC(C#N)CCN1CC(C)CCC1C.